The van der Waals surface area contributed by atoms with E-state index in [1.54, 1.807) is 25.3 Å². The van der Waals surface area contributed by atoms with Crippen LogP contribution >= 0.6 is 0 Å². The second kappa shape index (κ2) is 11.6. The molecule has 1 aliphatic heterocycles. The van der Waals surface area contributed by atoms with Crippen molar-refractivity contribution in [1.29, 1.82) is 0 Å². The van der Waals surface area contributed by atoms with Gasteiger partial charge in [0.1, 0.15) is 13.2 Å². The van der Waals surface area contributed by atoms with Gasteiger partial charge in [0.2, 0.25) is 0 Å². The highest BCUT2D eigenvalue weighted by Crippen LogP contribution is 2.30. The van der Waals surface area contributed by atoms with Gasteiger partial charge in [-0.25, -0.2) is 4.39 Å². The van der Waals surface area contributed by atoms with Crippen LogP contribution in [0.5, 0.6) is 17.2 Å². The lowest BCUT2D eigenvalue weighted by molar-refractivity contribution is -0.0177. The van der Waals surface area contributed by atoms with Gasteiger partial charge in [0, 0.05) is 19.3 Å². The molecule has 0 radical (unpaired) electrons. The van der Waals surface area contributed by atoms with Crippen molar-refractivity contribution in [3.8, 4) is 17.2 Å². The lowest BCUT2D eigenvalue weighted by Crippen LogP contribution is -2.37. The second-order valence-corrected chi connectivity index (χ2v) is 9.19. The van der Waals surface area contributed by atoms with Gasteiger partial charge in [-0.1, -0.05) is 18.2 Å². The first kappa shape index (κ1) is 25.0. The molecule has 188 valence electrons. The summed E-state index contributed by atoms with van der Waals surface area (Å²) in [5.41, 5.74) is 1.26. The van der Waals surface area contributed by atoms with E-state index < -0.39 is 11.4 Å². The van der Waals surface area contributed by atoms with Crippen LogP contribution in [0.25, 0.3) is 0 Å². The van der Waals surface area contributed by atoms with Crippen LogP contribution in [0.2, 0.25) is 0 Å². The van der Waals surface area contributed by atoms with Crippen LogP contribution in [-0.2, 0) is 13.1 Å². The Balaban J connectivity index is 1.32. The zero-order valence-corrected chi connectivity index (χ0v) is 20.5. The molecule has 1 fully saturated rings. The molecule has 0 saturated carbocycles. The molecule has 1 N–H and O–H groups in total. The number of hydrogen-bond acceptors (Lipinski definition) is 6. The number of hydrogen-bond donors (Lipinski definition) is 1. The highest BCUT2D eigenvalue weighted by Gasteiger charge is 2.31. The lowest BCUT2D eigenvalue weighted by Gasteiger charge is -2.27. The van der Waals surface area contributed by atoms with E-state index in [1.165, 1.54) is 6.07 Å². The predicted molar refractivity (Wildman–Crippen MR) is 131 cm³/mol. The molecule has 1 atom stereocenters. The number of likely N-dealkylation sites (tertiary alicyclic amines) is 1. The standard InChI is InChI=1S/C27H34FN3O4/c1-21-17-29-31(18-21)14-15-34-26-16-22(8-9-25(26)33-2)19-30-12-5-10-27(32,11-13-30)20-35-24-7-4-3-6-23(24)28/h3-4,6-9,16-18,32H,5,10-15,19-20H2,1-2H3. The maximum atomic E-state index is 13.9. The van der Waals surface area contributed by atoms with Crippen LogP contribution < -0.4 is 14.2 Å². The minimum absolute atomic E-state index is 0.0814. The Hall–Kier alpha value is -3.10. The van der Waals surface area contributed by atoms with Gasteiger partial charge in [-0.2, -0.15) is 5.10 Å². The third kappa shape index (κ3) is 6.96. The number of aromatic nitrogens is 2. The molecule has 0 bridgehead atoms. The van der Waals surface area contributed by atoms with E-state index in [-0.39, 0.29) is 12.4 Å². The summed E-state index contributed by atoms with van der Waals surface area (Å²) in [5.74, 6) is 1.17. The van der Waals surface area contributed by atoms with Crippen molar-refractivity contribution in [2.45, 2.75) is 44.9 Å². The molecule has 2 heterocycles. The third-order valence-electron chi connectivity index (χ3n) is 6.32. The Labute approximate surface area is 206 Å². The maximum absolute atomic E-state index is 13.9. The van der Waals surface area contributed by atoms with Crippen molar-refractivity contribution in [3.63, 3.8) is 0 Å². The van der Waals surface area contributed by atoms with Gasteiger partial charge in [-0.05, 0) is 68.1 Å². The summed E-state index contributed by atoms with van der Waals surface area (Å²) in [7, 11) is 1.64. The summed E-state index contributed by atoms with van der Waals surface area (Å²) in [4.78, 5) is 2.32. The highest BCUT2D eigenvalue weighted by molar-refractivity contribution is 5.43. The minimum atomic E-state index is -0.976. The molecule has 1 unspecified atom stereocenters. The Bertz CT molecular complexity index is 1110. The SMILES string of the molecule is COc1ccc(CN2CCCC(O)(COc3ccccc3F)CC2)cc1OCCn1cc(C)cn1. The summed E-state index contributed by atoms with van der Waals surface area (Å²) in [6, 6.07) is 12.3. The number of nitrogens with zero attached hydrogens (tertiary/aromatic N) is 3. The van der Waals surface area contributed by atoms with Crippen molar-refractivity contribution < 1.29 is 23.7 Å². The zero-order valence-electron chi connectivity index (χ0n) is 20.5. The molecule has 3 aromatic rings. The normalized spacial score (nSPS) is 18.7. The molecule has 4 rings (SSSR count). The number of benzene rings is 2. The molecular weight excluding hydrogens is 449 g/mol. The Morgan fingerprint density at radius 1 is 1.06 bits per heavy atom. The number of methoxy groups -OCH3 is 1. The van der Waals surface area contributed by atoms with Gasteiger partial charge >= 0.3 is 0 Å². The molecular formula is C27H34FN3O4. The monoisotopic (exact) mass is 483 g/mol. The molecule has 0 spiro atoms. The molecule has 1 aromatic heterocycles. The Morgan fingerprint density at radius 3 is 2.69 bits per heavy atom. The summed E-state index contributed by atoms with van der Waals surface area (Å²) >= 11 is 0. The van der Waals surface area contributed by atoms with E-state index >= 15 is 0 Å². The molecule has 2 aromatic carbocycles. The van der Waals surface area contributed by atoms with E-state index in [0.29, 0.717) is 37.5 Å². The first-order chi connectivity index (χ1) is 16.9. The Kier molecular flexibility index (Phi) is 8.25. The molecule has 0 aliphatic carbocycles. The number of aliphatic hydroxyl groups is 1. The molecule has 7 nitrogen and oxygen atoms in total. The predicted octanol–water partition coefficient (Wildman–Crippen LogP) is 4.21. The number of para-hydroxylation sites is 1. The number of halogens is 1. The highest BCUT2D eigenvalue weighted by atomic mass is 19.1. The quantitative estimate of drug-likeness (QED) is 0.466. The fraction of sp³-hybridized carbons (Fsp3) is 0.444. The fourth-order valence-electron chi connectivity index (χ4n) is 4.34. The fourth-order valence-corrected chi connectivity index (χ4v) is 4.34. The van der Waals surface area contributed by atoms with Gasteiger partial charge < -0.3 is 19.3 Å². The van der Waals surface area contributed by atoms with Crippen LogP contribution in [0.4, 0.5) is 4.39 Å². The topological polar surface area (TPSA) is 69.0 Å². The van der Waals surface area contributed by atoms with Crippen LogP contribution in [0.1, 0.15) is 30.4 Å². The second-order valence-electron chi connectivity index (χ2n) is 9.19. The molecule has 1 aliphatic rings. The van der Waals surface area contributed by atoms with Crippen molar-refractivity contribution in [2.75, 3.05) is 33.4 Å². The summed E-state index contributed by atoms with van der Waals surface area (Å²) in [6.45, 7) is 5.55. The average Bonchev–Trinajstić information content (AvgIpc) is 3.17. The molecule has 35 heavy (non-hydrogen) atoms. The van der Waals surface area contributed by atoms with E-state index in [9.17, 15) is 9.50 Å². The average molecular weight is 484 g/mol. The van der Waals surface area contributed by atoms with Crippen LogP contribution in [0, 0.1) is 12.7 Å². The number of aryl methyl sites for hydroxylation is 1. The van der Waals surface area contributed by atoms with Crippen molar-refractivity contribution in [1.82, 2.24) is 14.7 Å². The Morgan fingerprint density at radius 2 is 1.91 bits per heavy atom. The van der Waals surface area contributed by atoms with E-state index in [1.807, 2.05) is 42.2 Å². The largest absolute Gasteiger partial charge is 0.493 e. The smallest absolute Gasteiger partial charge is 0.165 e. The summed E-state index contributed by atoms with van der Waals surface area (Å²) < 4.78 is 32.9. The minimum Gasteiger partial charge on any atom is -0.493 e. The van der Waals surface area contributed by atoms with Gasteiger partial charge in [0.05, 0.1) is 25.5 Å². The molecule has 0 amide bonds. The van der Waals surface area contributed by atoms with Crippen LogP contribution in [0.15, 0.2) is 54.9 Å². The number of rotatable bonds is 10. The molecule has 1 saturated heterocycles. The van der Waals surface area contributed by atoms with E-state index in [4.69, 9.17) is 14.2 Å². The van der Waals surface area contributed by atoms with Gasteiger partial charge in [-0.3, -0.25) is 9.58 Å². The van der Waals surface area contributed by atoms with Gasteiger partial charge in [-0.15, -0.1) is 0 Å². The van der Waals surface area contributed by atoms with Crippen LogP contribution in [-0.4, -0.2) is 58.8 Å². The first-order valence-electron chi connectivity index (χ1n) is 12.0. The summed E-state index contributed by atoms with van der Waals surface area (Å²) in [6.07, 6.45) is 5.82. The van der Waals surface area contributed by atoms with Gasteiger partial charge in [0.15, 0.2) is 23.1 Å². The maximum Gasteiger partial charge on any atom is 0.165 e. The van der Waals surface area contributed by atoms with Crippen molar-refractivity contribution >= 4 is 0 Å². The molecule has 8 heteroatoms. The number of ether oxygens (including phenoxy) is 3. The van der Waals surface area contributed by atoms with Crippen LogP contribution in [0.3, 0.4) is 0 Å². The van der Waals surface area contributed by atoms with E-state index in [2.05, 4.69) is 10.00 Å². The zero-order chi connectivity index (χ0) is 24.7. The van der Waals surface area contributed by atoms with Crippen molar-refractivity contribution in [2.24, 2.45) is 0 Å². The van der Waals surface area contributed by atoms with Gasteiger partial charge in [0.25, 0.3) is 0 Å². The lowest BCUT2D eigenvalue weighted by atomic mass is 9.96. The van der Waals surface area contributed by atoms with Crippen molar-refractivity contribution in [3.05, 3.63) is 71.8 Å². The third-order valence-corrected chi connectivity index (χ3v) is 6.32. The summed E-state index contributed by atoms with van der Waals surface area (Å²) in [5, 5.41) is 15.4. The van der Waals surface area contributed by atoms with E-state index in [0.717, 1.165) is 37.2 Å². The first-order valence-corrected chi connectivity index (χ1v) is 12.0.